The highest BCUT2D eigenvalue weighted by Crippen LogP contribution is 2.23. The molecule has 3 N–H and O–H groups in total. The maximum atomic E-state index is 13.5. The van der Waals surface area contributed by atoms with Gasteiger partial charge in [-0.05, 0) is 32.2 Å². The minimum Gasteiger partial charge on any atom is -0.326 e. The van der Waals surface area contributed by atoms with Crippen LogP contribution in [0.25, 0.3) is 0 Å². The first-order valence-corrected chi connectivity index (χ1v) is 5.23. The van der Waals surface area contributed by atoms with E-state index < -0.39 is 0 Å². The van der Waals surface area contributed by atoms with E-state index in [0.717, 1.165) is 4.47 Å². The van der Waals surface area contributed by atoms with Gasteiger partial charge in [-0.15, -0.1) is 0 Å². The van der Waals surface area contributed by atoms with Crippen LogP contribution in [-0.4, -0.2) is 13.1 Å². The first kappa shape index (κ1) is 11.6. The lowest BCUT2D eigenvalue weighted by molar-refractivity contribution is 0.475. The molecular formula is C10H14BrFN2. The standard InChI is InChI=1S/C10H14BrFN2/c1-6(13)10(14-2)8-5-7(11)3-4-9(8)12/h3-6,10,14H,13H2,1-2H3. The molecule has 1 aromatic rings. The number of hydrogen-bond donors (Lipinski definition) is 2. The van der Waals surface area contributed by atoms with Gasteiger partial charge in [-0.3, -0.25) is 0 Å². The minimum absolute atomic E-state index is 0.135. The summed E-state index contributed by atoms with van der Waals surface area (Å²) in [6, 6.07) is 4.56. The summed E-state index contributed by atoms with van der Waals surface area (Å²) in [5.41, 5.74) is 6.35. The van der Waals surface area contributed by atoms with Gasteiger partial charge in [0, 0.05) is 22.1 Å². The van der Waals surface area contributed by atoms with Gasteiger partial charge in [0.15, 0.2) is 0 Å². The summed E-state index contributed by atoms with van der Waals surface area (Å²) in [5, 5.41) is 3.00. The van der Waals surface area contributed by atoms with Gasteiger partial charge in [-0.1, -0.05) is 15.9 Å². The number of nitrogens with two attached hydrogens (primary N) is 1. The Morgan fingerprint density at radius 3 is 2.64 bits per heavy atom. The average Bonchev–Trinajstić information content (AvgIpc) is 2.11. The molecule has 0 amide bonds. The summed E-state index contributed by atoms with van der Waals surface area (Å²) in [6.45, 7) is 1.85. The van der Waals surface area contributed by atoms with E-state index in [9.17, 15) is 4.39 Å². The molecule has 78 valence electrons. The number of hydrogen-bond acceptors (Lipinski definition) is 2. The van der Waals surface area contributed by atoms with Crippen LogP contribution in [0.1, 0.15) is 18.5 Å². The Morgan fingerprint density at radius 2 is 2.14 bits per heavy atom. The van der Waals surface area contributed by atoms with E-state index in [-0.39, 0.29) is 17.9 Å². The molecule has 0 aliphatic rings. The van der Waals surface area contributed by atoms with E-state index in [2.05, 4.69) is 21.2 Å². The van der Waals surface area contributed by atoms with Gasteiger partial charge >= 0.3 is 0 Å². The number of halogens is 2. The highest BCUT2D eigenvalue weighted by atomic mass is 79.9. The first-order valence-electron chi connectivity index (χ1n) is 4.44. The van der Waals surface area contributed by atoms with Crippen molar-refractivity contribution >= 4 is 15.9 Å². The Hall–Kier alpha value is -0.450. The zero-order chi connectivity index (χ0) is 10.7. The molecule has 0 heterocycles. The van der Waals surface area contributed by atoms with E-state index in [4.69, 9.17) is 5.73 Å². The fourth-order valence-electron chi connectivity index (χ4n) is 1.45. The highest BCUT2D eigenvalue weighted by molar-refractivity contribution is 9.10. The Labute approximate surface area is 91.8 Å². The van der Waals surface area contributed by atoms with Crippen LogP contribution in [0.2, 0.25) is 0 Å². The van der Waals surface area contributed by atoms with Gasteiger partial charge in [0.2, 0.25) is 0 Å². The van der Waals surface area contributed by atoms with Crippen molar-refractivity contribution in [1.29, 1.82) is 0 Å². The van der Waals surface area contributed by atoms with Crippen LogP contribution in [0.3, 0.4) is 0 Å². The molecule has 0 fully saturated rings. The van der Waals surface area contributed by atoms with Crippen molar-refractivity contribution in [3.05, 3.63) is 34.1 Å². The molecule has 0 saturated carbocycles. The van der Waals surface area contributed by atoms with Gasteiger partial charge in [0.25, 0.3) is 0 Å². The molecule has 0 aliphatic heterocycles. The van der Waals surface area contributed by atoms with Crippen LogP contribution in [0.5, 0.6) is 0 Å². The van der Waals surface area contributed by atoms with Crippen molar-refractivity contribution in [3.8, 4) is 0 Å². The molecule has 2 unspecified atom stereocenters. The second-order valence-corrected chi connectivity index (χ2v) is 4.21. The molecule has 0 aromatic heterocycles. The summed E-state index contributed by atoms with van der Waals surface area (Å²) >= 11 is 3.31. The van der Waals surface area contributed by atoms with Gasteiger partial charge in [-0.2, -0.15) is 0 Å². The van der Waals surface area contributed by atoms with Crippen LogP contribution in [0.15, 0.2) is 22.7 Å². The molecule has 0 saturated heterocycles. The van der Waals surface area contributed by atoms with Crippen LogP contribution >= 0.6 is 15.9 Å². The smallest absolute Gasteiger partial charge is 0.128 e. The molecule has 4 heteroatoms. The third-order valence-corrected chi connectivity index (χ3v) is 2.62. The fraction of sp³-hybridized carbons (Fsp3) is 0.400. The van der Waals surface area contributed by atoms with Gasteiger partial charge in [0.05, 0.1) is 0 Å². The quantitative estimate of drug-likeness (QED) is 0.875. The average molecular weight is 261 g/mol. The molecule has 0 aliphatic carbocycles. The number of rotatable bonds is 3. The molecule has 0 spiro atoms. The number of likely N-dealkylation sites (N-methyl/N-ethyl adjacent to an activating group) is 1. The SMILES string of the molecule is CNC(c1cc(Br)ccc1F)C(C)N. The lowest BCUT2D eigenvalue weighted by Gasteiger charge is -2.21. The third-order valence-electron chi connectivity index (χ3n) is 2.13. The van der Waals surface area contributed by atoms with Crippen molar-refractivity contribution in [1.82, 2.24) is 5.32 Å². The largest absolute Gasteiger partial charge is 0.326 e. The lowest BCUT2D eigenvalue weighted by Crippen LogP contribution is -2.34. The lowest BCUT2D eigenvalue weighted by atomic mass is 10.0. The summed E-state index contributed by atoms with van der Waals surface area (Å²) in [4.78, 5) is 0. The van der Waals surface area contributed by atoms with Crippen LogP contribution in [-0.2, 0) is 0 Å². The zero-order valence-corrected chi connectivity index (χ0v) is 9.81. The van der Waals surface area contributed by atoms with Crippen molar-refractivity contribution in [2.45, 2.75) is 19.0 Å². The topological polar surface area (TPSA) is 38.0 Å². The molecule has 1 rings (SSSR count). The van der Waals surface area contributed by atoms with E-state index in [0.29, 0.717) is 5.56 Å². The second kappa shape index (κ2) is 4.87. The van der Waals surface area contributed by atoms with Crippen molar-refractivity contribution in [2.75, 3.05) is 7.05 Å². The predicted octanol–water partition coefficient (Wildman–Crippen LogP) is 2.20. The van der Waals surface area contributed by atoms with Crippen molar-refractivity contribution in [3.63, 3.8) is 0 Å². The normalized spacial score (nSPS) is 15.2. The molecule has 2 nitrogen and oxygen atoms in total. The summed E-state index contributed by atoms with van der Waals surface area (Å²) in [5.74, 6) is -0.232. The molecule has 1 aromatic carbocycles. The Morgan fingerprint density at radius 1 is 1.50 bits per heavy atom. The highest BCUT2D eigenvalue weighted by Gasteiger charge is 2.17. The third kappa shape index (κ3) is 2.53. The predicted molar refractivity (Wildman–Crippen MR) is 59.6 cm³/mol. The molecule has 0 radical (unpaired) electrons. The van der Waals surface area contributed by atoms with E-state index in [1.807, 2.05) is 6.92 Å². The van der Waals surface area contributed by atoms with Gasteiger partial charge in [-0.25, -0.2) is 4.39 Å². The van der Waals surface area contributed by atoms with Crippen molar-refractivity contribution in [2.24, 2.45) is 5.73 Å². The van der Waals surface area contributed by atoms with Crippen LogP contribution in [0.4, 0.5) is 4.39 Å². The van der Waals surface area contributed by atoms with Crippen LogP contribution in [0, 0.1) is 5.82 Å². The first-order chi connectivity index (χ1) is 6.56. The second-order valence-electron chi connectivity index (χ2n) is 3.29. The number of benzene rings is 1. The summed E-state index contributed by atoms with van der Waals surface area (Å²) in [6.07, 6.45) is 0. The van der Waals surface area contributed by atoms with E-state index >= 15 is 0 Å². The van der Waals surface area contributed by atoms with E-state index in [1.54, 1.807) is 19.2 Å². The fourth-order valence-corrected chi connectivity index (χ4v) is 1.83. The van der Waals surface area contributed by atoms with Gasteiger partial charge in [0.1, 0.15) is 5.82 Å². The Bertz CT molecular complexity index is 315. The molecule has 2 atom stereocenters. The van der Waals surface area contributed by atoms with Crippen molar-refractivity contribution < 1.29 is 4.39 Å². The maximum Gasteiger partial charge on any atom is 0.128 e. The zero-order valence-electron chi connectivity index (χ0n) is 8.22. The summed E-state index contributed by atoms with van der Waals surface area (Å²) in [7, 11) is 1.77. The van der Waals surface area contributed by atoms with E-state index in [1.165, 1.54) is 6.07 Å². The minimum atomic E-state index is -0.232. The number of nitrogens with one attached hydrogen (secondary N) is 1. The maximum absolute atomic E-state index is 13.5. The summed E-state index contributed by atoms with van der Waals surface area (Å²) < 4.78 is 14.3. The Balaban J connectivity index is 3.08. The molecular weight excluding hydrogens is 247 g/mol. The van der Waals surface area contributed by atoms with Crippen LogP contribution < -0.4 is 11.1 Å². The molecule has 0 bridgehead atoms. The Kier molecular flexibility index (Phi) is 4.04. The monoisotopic (exact) mass is 260 g/mol. The molecule has 14 heavy (non-hydrogen) atoms. The van der Waals surface area contributed by atoms with Gasteiger partial charge < -0.3 is 11.1 Å².